The lowest BCUT2D eigenvalue weighted by atomic mass is 10.3. The first-order valence-corrected chi connectivity index (χ1v) is 6.85. The van der Waals surface area contributed by atoms with Crippen LogP contribution in [0.15, 0.2) is 0 Å². The normalized spacial score (nSPS) is 13.5. The molecule has 2 N–H and O–H groups in total. The number of nitrogens with zero attached hydrogens (tertiary/aromatic N) is 2. The van der Waals surface area contributed by atoms with Gasteiger partial charge in [-0.3, -0.25) is 0 Å². The van der Waals surface area contributed by atoms with Crippen molar-refractivity contribution in [2.75, 3.05) is 67.1 Å². The summed E-state index contributed by atoms with van der Waals surface area (Å²) in [7, 11) is 5.86. The molecule has 0 amide bonds. The smallest absolute Gasteiger partial charge is 0.0791 e. The van der Waals surface area contributed by atoms with Crippen molar-refractivity contribution in [2.45, 2.75) is 19.4 Å². The highest BCUT2D eigenvalue weighted by atomic mass is 16.5. The van der Waals surface area contributed by atoms with Gasteiger partial charge in [-0.1, -0.05) is 6.92 Å². The van der Waals surface area contributed by atoms with E-state index in [1.807, 2.05) is 0 Å². The van der Waals surface area contributed by atoms with Crippen LogP contribution >= 0.6 is 0 Å². The second-order valence-electron chi connectivity index (χ2n) is 4.90. The maximum atomic E-state index is 9.90. The summed E-state index contributed by atoms with van der Waals surface area (Å²) >= 11 is 0. The molecule has 0 spiro atoms. The first-order chi connectivity index (χ1) is 8.60. The summed E-state index contributed by atoms with van der Waals surface area (Å²) in [5.74, 6) is 0. The number of nitrogens with one attached hydrogen (secondary N) is 1. The van der Waals surface area contributed by atoms with Crippen LogP contribution in [0, 0.1) is 0 Å². The molecule has 0 aliphatic carbocycles. The van der Waals surface area contributed by atoms with Gasteiger partial charge in [0.15, 0.2) is 0 Å². The van der Waals surface area contributed by atoms with Crippen molar-refractivity contribution in [1.29, 1.82) is 0 Å². The minimum atomic E-state index is -0.304. The van der Waals surface area contributed by atoms with Gasteiger partial charge in [-0.15, -0.1) is 0 Å². The second-order valence-corrected chi connectivity index (χ2v) is 4.90. The van der Waals surface area contributed by atoms with E-state index in [2.05, 4.69) is 36.1 Å². The van der Waals surface area contributed by atoms with Crippen LogP contribution in [0.2, 0.25) is 0 Å². The quantitative estimate of drug-likeness (QED) is 0.479. The van der Waals surface area contributed by atoms with E-state index in [0.717, 1.165) is 39.1 Å². The lowest BCUT2D eigenvalue weighted by molar-refractivity contribution is 0.109. The third kappa shape index (κ3) is 10.9. The molecule has 0 bridgehead atoms. The van der Waals surface area contributed by atoms with Crippen molar-refractivity contribution in [3.8, 4) is 0 Å². The Morgan fingerprint density at radius 1 is 1.28 bits per heavy atom. The summed E-state index contributed by atoms with van der Waals surface area (Å²) in [6.45, 7) is 8.12. The number of aliphatic hydroxyl groups is 1. The number of ether oxygens (including phenoxy) is 1. The molecular formula is C13H31N3O2. The van der Waals surface area contributed by atoms with Gasteiger partial charge in [0.1, 0.15) is 0 Å². The molecule has 0 aliphatic heterocycles. The Bertz CT molecular complexity index is 180. The topological polar surface area (TPSA) is 48.0 Å². The summed E-state index contributed by atoms with van der Waals surface area (Å²) in [6, 6.07) is 0. The molecule has 0 rings (SSSR count). The largest absolute Gasteiger partial charge is 0.390 e. The fourth-order valence-corrected chi connectivity index (χ4v) is 1.79. The highest BCUT2D eigenvalue weighted by Crippen LogP contribution is 1.95. The van der Waals surface area contributed by atoms with Crippen LogP contribution < -0.4 is 5.32 Å². The number of hydrogen-bond acceptors (Lipinski definition) is 5. The maximum Gasteiger partial charge on any atom is 0.0791 e. The molecule has 18 heavy (non-hydrogen) atoms. The summed E-state index contributed by atoms with van der Waals surface area (Å²) in [5, 5.41) is 13.1. The van der Waals surface area contributed by atoms with Crippen molar-refractivity contribution >= 4 is 0 Å². The third-order valence-corrected chi connectivity index (χ3v) is 2.86. The summed E-state index contributed by atoms with van der Waals surface area (Å²) < 4.78 is 4.94. The molecule has 0 radical (unpaired) electrons. The molecule has 5 heteroatoms. The summed E-state index contributed by atoms with van der Waals surface area (Å²) in [5.41, 5.74) is 0. The Labute approximate surface area is 112 Å². The van der Waals surface area contributed by atoms with E-state index in [1.54, 1.807) is 7.11 Å². The maximum absolute atomic E-state index is 9.90. The van der Waals surface area contributed by atoms with Crippen LogP contribution in [0.1, 0.15) is 13.3 Å². The van der Waals surface area contributed by atoms with Gasteiger partial charge >= 0.3 is 0 Å². The molecule has 0 heterocycles. The standard InChI is InChI=1S/C13H31N3O2/c1-5-16(9-6-8-15(2)3)12-13(17)11-14-7-10-18-4/h13-14,17H,5-12H2,1-4H3. The van der Waals surface area contributed by atoms with Crippen molar-refractivity contribution < 1.29 is 9.84 Å². The molecular weight excluding hydrogens is 230 g/mol. The van der Waals surface area contributed by atoms with Crippen LogP contribution in [-0.2, 0) is 4.74 Å². The van der Waals surface area contributed by atoms with Crippen molar-refractivity contribution in [3.63, 3.8) is 0 Å². The molecule has 0 saturated carbocycles. The van der Waals surface area contributed by atoms with Gasteiger partial charge in [-0.2, -0.15) is 0 Å². The van der Waals surface area contributed by atoms with E-state index in [9.17, 15) is 5.11 Å². The first kappa shape index (κ1) is 17.8. The second kappa shape index (κ2) is 11.9. The Hall–Kier alpha value is -0.200. The molecule has 0 fully saturated rings. The van der Waals surface area contributed by atoms with Gasteiger partial charge in [-0.25, -0.2) is 0 Å². The summed E-state index contributed by atoms with van der Waals surface area (Å²) in [4.78, 5) is 4.49. The minimum Gasteiger partial charge on any atom is -0.390 e. The molecule has 110 valence electrons. The van der Waals surface area contributed by atoms with Crippen molar-refractivity contribution in [2.24, 2.45) is 0 Å². The molecule has 1 atom stereocenters. The lowest BCUT2D eigenvalue weighted by Crippen LogP contribution is -2.39. The van der Waals surface area contributed by atoms with E-state index >= 15 is 0 Å². The predicted octanol–water partition coefficient (Wildman–Crippen LogP) is -0.143. The monoisotopic (exact) mass is 261 g/mol. The average Bonchev–Trinajstić information content (AvgIpc) is 2.33. The third-order valence-electron chi connectivity index (χ3n) is 2.86. The van der Waals surface area contributed by atoms with E-state index in [0.29, 0.717) is 13.2 Å². The van der Waals surface area contributed by atoms with Crippen molar-refractivity contribution in [1.82, 2.24) is 15.1 Å². The molecule has 0 saturated heterocycles. The Kier molecular flexibility index (Phi) is 11.7. The predicted molar refractivity (Wildman–Crippen MR) is 76.0 cm³/mol. The number of aliphatic hydroxyl groups excluding tert-OH is 1. The van der Waals surface area contributed by atoms with Gasteiger partial charge in [0.2, 0.25) is 0 Å². The molecule has 1 unspecified atom stereocenters. The Morgan fingerprint density at radius 3 is 2.56 bits per heavy atom. The fourth-order valence-electron chi connectivity index (χ4n) is 1.79. The minimum absolute atomic E-state index is 0.304. The highest BCUT2D eigenvalue weighted by Gasteiger charge is 2.09. The zero-order valence-electron chi connectivity index (χ0n) is 12.5. The molecule has 5 nitrogen and oxygen atoms in total. The van der Waals surface area contributed by atoms with Crippen molar-refractivity contribution in [3.05, 3.63) is 0 Å². The van der Waals surface area contributed by atoms with Crippen LogP contribution in [0.3, 0.4) is 0 Å². The van der Waals surface area contributed by atoms with Gasteiger partial charge in [0.05, 0.1) is 12.7 Å². The molecule has 0 aromatic carbocycles. The summed E-state index contributed by atoms with van der Waals surface area (Å²) in [6.07, 6.45) is 0.839. The van der Waals surface area contributed by atoms with E-state index in [4.69, 9.17) is 4.74 Å². The average molecular weight is 261 g/mol. The fraction of sp³-hybridized carbons (Fsp3) is 1.00. The molecule has 0 aromatic heterocycles. The van der Waals surface area contributed by atoms with Crippen LogP contribution in [0.4, 0.5) is 0 Å². The highest BCUT2D eigenvalue weighted by molar-refractivity contribution is 4.66. The Morgan fingerprint density at radius 2 is 2.00 bits per heavy atom. The Balaban J connectivity index is 3.62. The lowest BCUT2D eigenvalue weighted by Gasteiger charge is -2.24. The zero-order valence-corrected chi connectivity index (χ0v) is 12.5. The van der Waals surface area contributed by atoms with Gasteiger partial charge in [0, 0.05) is 26.7 Å². The number of likely N-dealkylation sites (N-methyl/N-ethyl adjacent to an activating group) is 1. The SMILES string of the molecule is CCN(CCCN(C)C)CC(O)CNCCOC. The number of methoxy groups -OCH3 is 1. The van der Waals surface area contributed by atoms with Crippen LogP contribution in [0.5, 0.6) is 0 Å². The van der Waals surface area contributed by atoms with E-state index in [1.165, 1.54) is 0 Å². The zero-order chi connectivity index (χ0) is 13.8. The van der Waals surface area contributed by atoms with Gasteiger partial charge in [-0.05, 0) is 40.2 Å². The van der Waals surface area contributed by atoms with Gasteiger partial charge < -0.3 is 25.0 Å². The van der Waals surface area contributed by atoms with Gasteiger partial charge in [0.25, 0.3) is 0 Å². The first-order valence-electron chi connectivity index (χ1n) is 6.85. The molecule has 0 aliphatic rings. The van der Waals surface area contributed by atoms with Crippen LogP contribution in [0.25, 0.3) is 0 Å². The van der Waals surface area contributed by atoms with E-state index < -0.39 is 0 Å². The van der Waals surface area contributed by atoms with Crippen LogP contribution in [-0.4, -0.2) is 88.1 Å². The number of rotatable bonds is 12. The van der Waals surface area contributed by atoms with E-state index in [-0.39, 0.29) is 6.10 Å². The number of hydrogen-bond donors (Lipinski definition) is 2. The molecule has 0 aromatic rings.